The van der Waals surface area contributed by atoms with Gasteiger partial charge in [-0.25, -0.2) is 0 Å². The van der Waals surface area contributed by atoms with Gasteiger partial charge in [0.2, 0.25) is 0 Å². The van der Waals surface area contributed by atoms with Crippen LogP contribution in [0.4, 0.5) is 0 Å². The molecule has 1 rings (SSSR count). The average molecular weight is 252 g/mol. The van der Waals surface area contributed by atoms with Crippen molar-refractivity contribution in [2.45, 2.75) is 19.8 Å². The van der Waals surface area contributed by atoms with Crippen LogP contribution in [-0.2, 0) is 0 Å². The summed E-state index contributed by atoms with van der Waals surface area (Å²) in [6, 6.07) is 7.45. The summed E-state index contributed by atoms with van der Waals surface area (Å²) in [5, 5.41) is 8.35. The molecular weight excluding hydrogens is 242 g/mol. The Morgan fingerprint density at radius 3 is 2.86 bits per heavy atom. The summed E-state index contributed by atoms with van der Waals surface area (Å²) in [7, 11) is 0. The molecule has 0 aromatic heterocycles. The van der Waals surface area contributed by atoms with Gasteiger partial charge >= 0.3 is 0 Å². The van der Waals surface area contributed by atoms with E-state index in [0.29, 0.717) is 12.0 Å². The minimum Gasteiger partial charge on any atom is -0.294 e. The van der Waals surface area contributed by atoms with Crippen LogP contribution in [0.5, 0.6) is 0 Å². The summed E-state index contributed by atoms with van der Waals surface area (Å²) in [4.78, 5) is 11.5. The largest absolute Gasteiger partial charge is 0.294 e. The first kappa shape index (κ1) is 10.9. The molecule has 0 saturated carbocycles. The predicted octanol–water partition coefficient (Wildman–Crippen LogP) is 3.24. The van der Waals surface area contributed by atoms with Crippen LogP contribution in [0.25, 0.3) is 0 Å². The molecule has 0 radical (unpaired) electrons. The molecule has 3 heteroatoms. The molecule has 0 atom stereocenters. The molecular formula is C11H10BrNO. The molecule has 0 aliphatic heterocycles. The number of rotatable bonds is 3. The van der Waals surface area contributed by atoms with Crippen LogP contribution >= 0.6 is 15.9 Å². The van der Waals surface area contributed by atoms with E-state index < -0.39 is 0 Å². The Kier molecular flexibility index (Phi) is 3.84. The zero-order valence-electron chi connectivity index (χ0n) is 7.88. The highest BCUT2D eigenvalue weighted by Crippen LogP contribution is 2.18. The molecule has 0 amide bonds. The highest BCUT2D eigenvalue weighted by Gasteiger charge is 2.06. The summed E-state index contributed by atoms with van der Waals surface area (Å²) in [5.74, 6) is 0.0206. The molecule has 0 heterocycles. The maximum Gasteiger partial charge on any atom is 0.163 e. The molecule has 0 unspecified atom stereocenters. The third-order valence-electron chi connectivity index (χ3n) is 1.96. The van der Waals surface area contributed by atoms with E-state index >= 15 is 0 Å². The third-order valence-corrected chi connectivity index (χ3v) is 2.81. The van der Waals surface area contributed by atoms with Crippen LogP contribution in [0, 0.1) is 18.3 Å². The molecule has 2 nitrogen and oxygen atoms in total. The molecule has 0 N–H and O–H groups in total. The quantitative estimate of drug-likeness (QED) is 0.775. The van der Waals surface area contributed by atoms with Gasteiger partial charge in [-0.2, -0.15) is 5.26 Å². The van der Waals surface area contributed by atoms with Crippen LogP contribution in [0.2, 0.25) is 0 Å². The number of benzene rings is 1. The highest BCUT2D eigenvalue weighted by atomic mass is 79.9. The summed E-state index contributed by atoms with van der Waals surface area (Å²) >= 11 is 3.37. The van der Waals surface area contributed by atoms with Gasteiger partial charge in [-0.15, -0.1) is 0 Å². The van der Waals surface area contributed by atoms with Crippen molar-refractivity contribution in [1.29, 1.82) is 5.26 Å². The van der Waals surface area contributed by atoms with Gasteiger partial charge in [0.25, 0.3) is 0 Å². The molecule has 0 spiro atoms. The first-order valence-corrected chi connectivity index (χ1v) is 5.10. The number of nitriles is 1. The SMILES string of the molecule is Cc1ccc(C(=O)CCC#N)cc1Br. The zero-order chi connectivity index (χ0) is 10.6. The minimum atomic E-state index is 0.0206. The molecule has 0 aliphatic rings. The van der Waals surface area contributed by atoms with E-state index in [2.05, 4.69) is 15.9 Å². The van der Waals surface area contributed by atoms with Gasteiger partial charge in [0.15, 0.2) is 5.78 Å². The second-order valence-corrected chi connectivity index (χ2v) is 3.90. The fourth-order valence-electron chi connectivity index (χ4n) is 1.08. The lowest BCUT2D eigenvalue weighted by atomic mass is 10.1. The van der Waals surface area contributed by atoms with E-state index in [1.165, 1.54) is 0 Å². The lowest BCUT2D eigenvalue weighted by Crippen LogP contribution is -1.98. The number of carbonyl (C=O) groups is 1. The van der Waals surface area contributed by atoms with E-state index in [4.69, 9.17) is 5.26 Å². The highest BCUT2D eigenvalue weighted by molar-refractivity contribution is 9.10. The fraction of sp³-hybridized carbons (Fsp3) is 0.273. The van der Waals surface area contributed by atoms with E-state index in [-0.39, 0.29) is 12.2 Å². The van der Waals surface area contributed by atoms with Gasteiger partial charge in [-0.05, 0) is 18.6 Å². The van der Waals surface area contributed by atoms with E-state index in [1.807, 2.05) is 19.1 Å². The lowest BCUT2D eigenvalue weighted by Gasteiger charge is -2.01. The van der Waals surface area contributed by atoms with Crippen molar-refractivity contribution in [2.75, 3.05) is 0 Å². The van der Waals surface area contributed by atoms with Crippen LogP contribution in [-0.4, -0.2) is 5.78 Å². The maximum atomic E-state index is 11.5. The molecule has 0 aliphatic carbocycles. The topological polar surface area (TPSA) is 40.9 Å². The van der Waals surface area contributed by atoms with Crippen molar-refractivity contribution in [3.63, 3.8) is 0 Å². The maximum absolute atomic E-state index is 11.5. The van der Waals surface area contributed by atoms with Gasteiger partial charge < -0.3 is 0 Å². The second-order valence-electron chi connectivity index (χ2n) is 3.05. The number of nitrogens with zero attached hydrogens (tertiary/aromatic N) is 1. The van der Waals surface area contributed by atoms with Crippen LogP contribution in [0.15, 0.2) is 22.7 Å². The van der Waals surface area contributed by atoms with Gasteiger partial charge in [-0.3, -0.25) is 4.79 Å². The Balaban J connectivity index is 2.82. The minimum absolute atomic E-state index is 0.0206. The molecule has 0 saturated heterocycles. The number of aryl methyl sites for hydroxylation is 1. The van der Waals surface area contributed by atoms with Crippen molar-refractivity contribution < 1.29 is 4.79 Å². The second kappa shape index (κ2) is 4.92. The van der Waals surface area contributed by atoms with Crippen molar-refractivity contribution in [3.8, 4) is 6.07 Å². The number of halogens is 1. The third kappa shape index (κ3) is 2.68. The summed E-state index contributed by atoms with van der Waals surface area (Å²) in [6.07, 6.45) is 0.580. The van der Waals surface area contributed by atoms with Gasteiger partial charge in [0.05, 0.1) is 6.07 Å². The number of Topliss-reactive ketones (excluding diaryl/α,β-unsaturated/α-hetero) is 1. The van der Waals surface area contributed by atoms with Crippen LogP contribution < -0.4 is 0 Å². The van der Waals surface area contributed by atoms with Crippen LogP contribution in [0.3, 0.4) is 0 Å². The van der Waals surface area contributed by atoms with Crippen molar-refractivity contribution in [2.24, 2.45) is 0 Å². The Hall–Kier alpha value is -1.14. The molecule has 0 bridgehead atoms. The molecule has 14 heavy (non-hydrogen) atoms. The van der Waals surface area contributed by atoms with E-state index in [0.717, 1.165) is 10.0 Å². The van der Waals surface area contributed by atoms with Crippen LogP contribution in [0.1, 0.15) is 28.8 Å². The first-order chi connectivity index (χ1) is 6.65. The summed E-state index contributed by atoms with van der Waals surface area (Å²) in [6.45, 7) is 1.97. The normalized spacial score (nSPS) is 9.50. The molecule has 1 aromatic carbocycles. The van der Waals surface area contributed by atoms with Crippen molar-refractivity contribution in [3.05, 3.63) is 33.8 Å². The Labute approximate surface area is 91.7 Å². The Morgan fingerprint density at radius 1 is 1.57 bits per heavy atom. The first-order valence-electron chi connectivity index (χ1n) is 4.31. The summed E-state index contributed by atoms with van der Waals surface area (Å²) in [5.41, 5.74) is 1.76. The van der Waals surface area contributed by atoms with Crippen molar-refractivity contribution in [1.82, 2.24) is 0 Å². The fourth-order valence-corrected chi connectivity index (χ4v) is 1.46. The molecule has 72 valence electrons. The zero-order valence-corrected chi connectivity index (χ0v) is 9.47. The van der Waals surface area contributed by atoms with E-state index in [1.54, 1.807) is 12.1 Å². The number of carbonyl (C=O) groups excluding carboxylic acids is 1. The number of ketones is 1. The Bertz CT molecular complexity index is 393. The number of hydrogen-bond acceptors (Lipinski definition) is 2. The smallest absolute Gasteiger partial charge is 0.163 e. The predicted molar refractivity (Wildman–Crippen MR) is 58.1 cm³/mol. The van der Waals surface area contributed by atoms with E-state index in [9.17, 15) is 4.79 Å². The monoisotopic (exact) mass is 251 g/mol. The lowest BCUT2D eigenvalue weighted by molar-refractivity contribution is 0.0984. The number of hydrogen-bond donors (Lipinski definition) is 0. The Morgan fingerprint density at radius 2 is 2.29 bits per heavy atom. The van der Waals surface area contributed by atoms with Gasteiger partial charge in [0, 0.05) is 22.9 Å². The molecule has 1 aromatic rings. The molecule has 0 fully saturated rings. The average Bonchev–Trinajstić information content (AvgIpc) is 2.18. The van der Waals surface area contributed by atoms with Gasteiger partial charge in [0.1, 0.15) is 0 Å². The standard InChI is InChI=1S/C11H10BrNO/c1-8-4-5-9(7-10(8)12)11(14)3-2-6-13/h4-5,7H,2-3H2,1H3. The summed E-state index contributed by atoms with van der Waals surface area (Å²) < 4.78 is 0.931. The van der Waals surface area contributed by atoms with Gasteiger partial charge in [-0.1, -0.05) is 28.1 Å². The van der Waals surface area contributed by atoms with Crippen molar-refractivity contribution >= 4 is 21.7 Å².